The van der Waals surface area contributed by atoms with E-state index < -0.39 is 0 Å². The highest BCUT2D eigenvalue weighted by Gasteiger charge is 2.05. The number of phenolic OH excluding ortho intramolecular Hbond substituents is 2. The Kier molecular flexibility index (Phi) is 4.28. The fourth-order valence-electron chi connectivity index (χ4n) is 1.58. The zero-order valence-electron chi connectivity index (χ0n) is 10.5. The van der Waals surface area contributed by atoms with Crippen molar-refractivity contribution in [3.05, 3.63) is 53.9 Å². The van der Waals surface area contributed by atoms with Crippen LogP contribution in [0.1, 0.15) is 15.9 Å². The molecule has 0 unspecified atom stereocenters. The first-order valence-electron chi connectivity index (χ1n) is 5.90. The molecular weight excluding hydrogens is 258 g/mol. The van der Waals surface area contributed by atoms with Crippen molar-refractivity contribution in [2.45, 2.75) is 6.42 Å². The molecule has 0 bridgehead atoms. The summed E-state index contributed by atoms with van der Waals surface area (Å²) in [6.45, 7) is 0. The molecule has 6 nitrogen and oxygen atoms in total. The molecule has 2 rings (SSSR count). The molecule has 0 atom stereocenters. The number of hydrogen-bond donors (Lipinski definition) is 3. The second kappa shape index (κ2) is 6.33. The van der Waals surface area contributed by atoms with Crippen LogP contribution in [0.15, 0.2) is 47.8 Å². The number of carbonyl (C=O) groups excluding carboxylic acids is 1. The monoisotopic (exact) mass is 271 g/mol. The van der Waals surface area contributed by atoms with Crippen LogP contribution in [0.25, 0.3) is 0 Å². The van der Waals surface area contributed by atoms with Gasteiger partial charge in [-0.3, -0.25) is 9.78 Å². The lowest BCUT2D eigenvalue weighted by atomic mass is 10.1. The molecule has 0 aliphatic heterocycles. The van der Waals surface area contributed by atoms with Gasteiger partial charge in [0.2, 0.25) is 0 Å². The Balaban J connectivity index is 1.93. The molecule has 20 heavy (non-hydrogen) atoms. The van der Waals surface area contributed by atoms with Crippen LogP contribution in [0.5, 0.6) is 11.5 Å². The Morgan fingerprint density at radius 1 is 1.20 bits per heavy atom. The minimum atomic E-state index is -0.356. The molecule has 0 spiro atoms. The van der Waals surface area contributed by atoms with Crippen LogP contribution in [-0.2, 0) is 6.42 Å². The van der Waals surface area contributed by atoms with Gasteiger partial charge in [0, 0.05) is 36.2 Å². The lowest BCUT2D eigenvalue weighted by Crippen LogP contribution is -2.17. The fraction of sp³-hybridized carbons (Fsp3) is 0.0714. The molecule has 3 N–H and O–H groups in total. The molecule has 0 saturated heterocycles. The van der Waals surface area contributed by atoms with Crippen molar-refractivity contribution >= 4 is 12.1 Å². The van der Waals surface area contributed by atoms with E-state index in [4.69, 9.17) is 0 Å². The van der Waals surface area contributed by atoms with Gasteiger partial charge in [0.15, 0.2) is 0 Å². The first-order valence-corrected chi connectivity index (χ1v) is 5.90. The summed E-state index contributed by atoms with van der Waals surface area (Å²) in [7, 11) is 0. The highest BCUT2D eigenvalue weighted by molar-refractivity contribution is 5.94. The third kappa shape index (κ3) is 3.32. The van der Waals surface area contributed by atoms with Crippen molar-refractivity contribution in [1.29, 1.82) is 0 Å². The van der Waals surface area contributed by atoms with Gasteiger partial charge in [0.25, 0.3) is 5.91 Å². The topological polar surface area (TPSA) is 94.8 Å². The normalized spacial score (nSPS) is 10.6. The van der Waals surface area contributed by atoms with Gasteiger partial charge in [0.05, 0.1) is 0 Å². The van der Waals surface area contributed by atoms with Gasteiger partial charge in [-0.05, 0) is 24.3 Å². The molecule has 0 aliphatic rings. The average Bonchev–Trinajstić information content (AvgIpc) is 2.46. The minimum Gasteiger partial charge on any atom is -0.508 e. The van der Waals surface area contributed by atoms with E-state index in [1.165, 1.54) is 36.8 Å². The fourth-order valence-corrected chi connectivity index (χ4v) is 1.58. The smallest absolute Gasteiger partial charge is 0.271 e. The maximum atomic E-state index is 11.6. The number of carbonyl (C=O) groups is 1. The van der Waals surface area contributed by atoms with Gasteiger partial charge < -0.3 is 10.2 Å². The lowest BCUT2D eigenvalue weighted by Gasteiger charge is -2.03. The third-order valence-corrected chi connectivity index (χ3v) is 2.62. The second-order valence-electron chi connectivity index (χ2n) is 3.97. The molecule has 0 radical (unpaired) electrons. The highest BCUT2D eigenvalue weighted by atomic mass is 16.3. The van der Waals surface area contributed by atoms with Crippen molar-refractivity contribution in [3.63, 3.8) is 0 Å². The van der Waals surface area contributed by atoms with E-state index in [1.54, 1.807) is 12.1 Å². The third-order valence-electron chi connectivity index (χ3n) is 2.62. The summed E-state index contributed by atoms with van der Waals surface area (Å²) in [6, 6.07) is 7.62. The number of phenols is 2. The standard InChI is InChI=1S/C14H13N3O3/c18-12-2-1-3-13(19)11(12)6-9-16-17-14(20)10-4-7-15-8-5-10/h1-5,7-9,18-19H,6H2,(H,17,20). The minimum absolute atomic E-state index is 0.0167. The van der Waals surface area contributed by atoms with E-state index in [0.717, 1.165) is 0 Å². The van der Waals surface area contributed by atoms with Gasteiger partial charge in [0.1, 0.15) is 11.5 Å². The summed E-state index contributed by atoms with van der Waals surface area (Å²) in [4.78, 5) is 15.4. The number of hydrogen-bond acceptors (Lipinski definition) is 5. The van der Waals surface area contributed by atoms with E-state index in [9.17, 15) is 15.0 Å². The quantitative estimate of drug-likeness (QED) is 0.579. The Bertz CT molecular complexity index is 607. The van der Waals surface area contributed by atoms with Gasteiger partial charge >= 0.3 is 0 Å². The Morgan fingerprint density at radius 2 is 1.85 bits per heavy atom. The molecular formula is C14H13N3O3. The number of rotatable bonds is 4. The van der Waals surface area contributed by atoms with Crippen LogP contribution < -0.4 is 5.43 Å². The van der Waals surface area contributed by atoms with E-state index >= 15 is 0 Å². The predicted molar refractivity (Wildman–Crippen MR) is 73.7 cm³/mol. The van der Waals surface area contributed by atoms with Crippen LogP contribution in [-0.4, -0.2) is 27.3 Å². The second-order valence-corrected chi connectivity index (χ2v) is 3.97. The molecule has 2 aromatic rings. The Morgan fingerprint density at radius 3 is 2.50 bits per heavy atom. The molecule has 1 aromatic carbocycles. The molecule has 6 heteroatoms. The van der Waals surface area contributed by atoms with E-state index in [1.807, 2.05) is 0 Å². The number of benzene rings is 1. The summed E-state index contributed by atoms with van der Waals surface area (Å²) in [5.41, 5.74) is 3.15. The SMILES string of the molecule is O=C(NN=CCc1c(O)cccc1O)c1ccncc1. The van der Waals surface area contributed by atoms with E-state index in [2.05, 4.69) is 15.5 Å². The number of pyridine rings is 1. The van der Waals surface area contributed by atoms with Crippen molar-refractivity contribution < 1.29 is 15.0 Å². The van der Waals surface area contributed by atoms with Gasteiger partial charge in [-0.15, -0.1) is 0 Å². The number of nitrogens with zero attached hydrogens (tertiary/aromatic N) is 2. The summed E-state index contributed by atoms with van der Waals surface area (Å²) in [6.07, 6.45) is 4.63. The molecule has 1 aromatic heterocycles. The first kappa shape index (κ1) is 13.5. The van der Waals surface area contributed by atoms with Gasteiger partial charge in [-0.1, -0.05) is 6.07 Å². The number of amides is 1. The maximum Gasteiger partial charge on any atom is 0.271 e. The molecule has 0 fully saturated rings. The zero-order valence-corrected chi connectivity index (χ0v) is 10.5. The summed E-state index contributed by atoms with van der Waals surface area (Å²) < 4.78 is 0. The summed E-state index contributed by atoms with van der Waals surface area (Å²) in [5, 5.41) is 22.9. The molecule has 0 aliphatic carbocycles. The van der Waals surface area contributed by atoms with Crippen molar-refractivity contribution in [3.8, 4) is 11.5 Å². The predicted octanol–water partition coefficient (Wildman–Crippen LogP) is 1.45. The highest BCUT2D eigenvalue weighted by Crippen LogP contribution is 2.25. The number of hydrazone groups is 1. The largest absolute Gasteiger partial charge is 0.508 e. The first-order chi connectivity index (χ1) is 9.68. The molecule has 1 amide bonds. The van der Waals surface area contributed by atoms with Gasteiger partial charge in [-0.2, -0.15) is 5.10 Å². The molecule has 1 heterocycles. The zero-order chi connectivity index (χ0) is 14.4. The number of aromatic nitrogens is 1. The summed E-state index contributed by atoms with van der Waals surface area (Å²) >= 11 is 0. The molecule has 0 saturated carbocycles. The number of aromatic hydroxyl groups is 2. The van der Waals surface area contributed by atoms with Gasteiger partial charge in [-0.25, -0.2) is 5.43 Å². The number of nitrogens with one attached hydrogen (secondary N) is 1. The summed E-state index contributed by atoms with van der Waals surface area (Å²) in [5.74, 6) is -0.390. The van der Waals surface area contributed by atoms with Crippen LogP contribution in [0.4, 0.5) is 0 Å². The maximum absolute atomic E-state index is 11.6. The Hall–Kier alpha value is -2.89. The Labute approximate surface area is 115 Å². The van der Waals surface area contributed by atoms with Crippen LogP contribution in [0.2, 0.25) is 0 Å². The van der Waals surface area contributed by atoms with Crippen molar-refractivity contribution in [2.75, 3.05) is 0 Å². The van der Waals surface area contributed by atoms with E-state index in [0.29, 0.717) is 11.1 Å². The van der Waals surface area contributed by atoms with Crippen LogP contribution in [0.3, 0.4) is 0 Å². The molecule has 102 valence electrons. The van der Waals surface area contributed by atoms with Crippen molar-refractivity contribution in [1.82, 2.24) is 10.4 Å². The van der Waals surface area contributed by atoms with Crippen LogP contribution in [0, 0.1) is 0 Å². The van der Waals surface area contributed by atoms with Crippen LogP contribution >= 0.6 is 0 Å². The van der Waals surface area contributed by atoms with E-state index in [-0.39, 0.29) is 23.8 Å². The average molecular weight is 271 g/mol. The van der Waals surface area contributed by atoms with Crippen molar-refractivity contribution in [2.24, 2.45) is 5.10 Å². The lowest BCUT2D eigenvalue weighted by molar-refractivity contribution is 0.0955.